The topological polar surface area (TPSA) is 82.1 Å². The summed E-state index contributed by atoms with van der Waals surface area (Å²) in [6.45, 7) is 4.22. The third-order valence-corrected chi connectivity index (χ3v) is 5.13. The molecule has 26 heavy (non-hydrogen) atoms. The van der Waals surface area contributed by atoms with Crippen LogP contribution in [-0.4, -0.2) is 30.8 Å². The number of aromatic hydroxyl groups is 1. The Morgan fingerprint density at radius 1 is 1.42 bits per heavy atom. The van der Waals surface area contributed by atoms with Gasteiger partial charge in [0.25, 0.3) is 0 Å². The fourth-order valence-electron chi connectivity index (χ4n) is 3.85. The molecule has 0 bridgehead atoms. The maximum Gasteiger partial charge on any atom is 0.342 e. The molecule has 1 unspecified atom stereocenters. The number of benzene rings is 1. The van der Waals surface area contributed by atoms with Crippen molar-refractivity contribution in [1.82, 2.24) is 0 Å². The van der Waals surface area contributed by atoms with Crippen LogP contribution >= 0.6 is 0 Å². The fourth-order valence-corrected chi connectivity index (χ4v) is 3.85. The third kappa shape index (κ3) is 3.16. The van der Waals surface area contributed by atoms with Crippen LogP contribution in [0.4, 0.5) is 0 Å². The van der Waals surface area contributed by atoms with Gasteiger partial charge in [-0.25, -0.2) is 4.79 Å². The number of hydrogen-bond donors (Lipinski definition) is 1. The number of phenolic OH excluding ortho intramolecular Hbond substituents is 1. The molecule has 0 amide bonds. The molecule has 0 fully saturated rings. The van der Waals surface area contributed by atoms with Gasteiger partial charge >= 0.3 is 11.9 Å². The number of methoxy groups -OCH3 is 1. The molecule has 1 N–H and O–H groups in total. The molecule has 140 valence electrons. The maximum absolute atomic E-state index is 12.0. The van der Waals surface area contributed by atoms with Gasteiger partial charge in [-0.2, -0.15) is 0 Å². The summed E-state index contributed by atoms with van der Waals surface area (Å²) in [6.07, 6.45) is 4.71. The summed E-state index contributed by atoms with van der Waals surface area (Å²) >= 11 is 0. The lowest BCUT2D eigenvalue weighted by molar-refractivity contribution is -0.143. The Morgan fingerprint density at radius 3 is 2.88 bits per heavy atom. The van der Waals surface area contributed by atoms with Crippen molar-refractivity contribution in [1.29, 1.82) is 0 Å². The SMILES string of the molecule is CCOC(=O)CCC1=CC(c2c(O)c3c(c(C)c2OC)COC3=O)CC1. The minimum Gasteiger partial charge on any atom is -0.507 e. The molecular formula is C20H24O6. The molecule has 6 heteroatoms. The number of allylic oxidation sites excluding steroid dienone is 2. The van der Waals surface area contributed by atoms with E-state index in [1.807, 2.05) is 6.92 Å². The molecule has 1 atom stereocenters. The minimum absolute atomic E-state index is 0.0437. The first-order chi connectivity index (χ1) is 12.5. The zero-order chi connectivity index (χ0) is 18.8. The van der Waals surface area contributed by atoms with Crippen molar-refractivity contribution in [2.75, 3.05) is 13.7 Å². The normalized spacial score (nSPS) is 18.3. The van der Waals surface area contributed by atoms with Crippen LogP contribution in [-0.2, 0) is 20.9 Å². The largest absolute Gasteiger partial charge is 0.507 e. The molecular weight excluding hydrogens is 336 g/mol. The van der Waals surface area contributed by atoms with Crippen LogP contribution < -0.4 is 4.74 Å². The molecule has 0 saturated carbocycles. The average molecular weight is 360 g/mol. The summed E-state index contributed by atoms with van der Waals surface area (Å²) in [6, 6.07) is 0. The van der Waals surface area contributed by atoms with E-state index in [1.165, 1.54) is 0 Å². The van der Waals surface area contributed by atoms with E-state index in [1.54, 1.807) is 14.0 Å². The van der Waals surface area contributed by atoms with E-state index in [0.717, 1.165) is 24.0 Å². The van der Waals surface area contributed by atoms with Crippen LogP contribution in [0.1, 0.15) is 65.6 Å². The van der Waals surface area contributed by atoms with Gasteiger partial charge in [-0.3, -0.25) is 4.79 Å². The lowest BCUT2D eigenvalue weighted by Gasteiger charge is -2.19. The predicted molar refractivity (Wildman–Crippen MR) is 94.4 cm³/mol. The van der Waals surface area contributed by atoms with Crippen molar-refractivity contribution in [2.45, 2.75) is 52.1 Å². The average Bonchev–Trinajstić information content (AvgIpc) is 3.23. The highest BCUT2D eigenvalue weighted by Gasteiger charge is 2.35. The number of fused-ring (bicyclic) bond motifs is 1. The molecule has 0 spiro atoms. The van der Waals surface area contributed by atoms with Crippen LogP contribution in [0.15, 0.2) is 11.6 Å². The maximum atomic E-state index is 12.0. The second kappa shape index (κ2) is 7.40. The van der Waals surface area contributed by atoms with Crippen LogP contribution in [0.5, 0.6) is 11.5 Å². The van der Waals surface area contributed by atoms with Gasteiger partial charge in [-0.05, 0) is 38.7 Å². The molecule has 0 aromatic heterocycles. The van der Waals surface area contributed by atoms with E-state index in [-0.39, 0.29) is 29.8 Å². The monoisotopic (exact) mass is 360 g/mol. The lowest BCUT2D eigenvalue weighted by atomic mass is 9.89. The Morgan fingerprint density at radius 2 is 2.19 bits per heavy atom. The number of rotatable bonds is 6. The Hall–Kier alpha value is -2.50. The van der Waals surface area contributed by atoms with E-state index in [2.05, 4.69) is 6.08 Å². The van der Waals surface area contributed by atoms with Gasteiger partial charge in [0.05, 0.1) is 13.7 Å². The first-order valence-electron chi connectivity index (χ1n) is 8.92. The molecule has 0 radical (unpaired) electrons. The summed E-state index contributed by atoms with van der Waals surface area (Å²) in [5, 5.41) is 10.8. The Kier molecular flexibility index (Phi) is 5.20. The molecule has 1 aliphatic carbocycles. The fraction of sp³-hybridized carbons (Fsp3) is 0.500. The number of phenols is 1. The highest BCUT2D eigenvalue weighted by molar-refractivity contribution is 5.98. The first-order valence-corrected chi connectivity index (χ1v) is 8.92. The van der Waals surface area contributed by atoms with E-state index < -0.39 is 5.97 Å². The van der Waals surface area contributed by atoms with Gasteiger partial charge in [0.2, 0.25) is 0 Å². The van der Waals surface area contributed by atoms with Crippen molar-refractivity contribution in [3.63, 3.8) is 0 Å². The highest BCUT2D eigenvalue weighted by atomic mass is 16.5. The molecule has 3 rings (SSSR count). The molecule has 0 saturated heterocycles. The first kappa shape index (κ1) is 18.3. The molecule has 1 aliphatic heterocycles. The third-order valence-electron chi connectivity index (χ3n) is 5.13. The van der Waals surface area contributed by atoms with Crippen molar-refractivity contribution in [2.24, 2.45) is 0 Å². The lowest BCUT2D eigenvalue weighted by Crippen LogP contribution is -2.05. The molecule has 1 aromatic carbocycles. The zero-order valence-electron chi connectivity index (χ0n) is 15.4. The number of cyclic esters (lactones) is 1. The predicted octanol–water partition coefficient (Wildman–Crippen LogP) is 3.53. The van der Waals surface area contributed by atoms with Gasteiger partial charge < -0.3 is 19.3 Å². The van der Waals surface area contributed by atoms with E-state index >= 15 is 0 Å². The van der Waals surface area contributed by atoms with Crippen molar-refractivity contribution in [3.8, 4) is 11.5 Å². The summed E-state index contributed by atoms with van der Waals surface area (Å²) in [4.78, 5) is 23.6. The van der Waals surface area contributed by atoms with Crippen LogP contribution in [0.2, 0.25) is 0 Å². The minimum atomic E-state index is -0.492. The van der Waals surface area contributed by atoms with Gasteiger partial charge in [0.1, 0.15) is 23.7 Å². The standard InChI is InChI=1S/C20H24O6/c1-4-25-15(21)8-6-12-5-7-13(9-12)16-18(22)17-14(10-26-20(17)23)11(2)19(16)24-3/h9,13,22H,4-8,10H2,1-3H3. The quantitative estimate of drug-likeness (QED) is 0.617. The number of esters is 2. The summed E-state index contributed by atoms with van der Waals surface area (Å²) in [5.74, 6) is -0.188. The second-order valence-electron chi connectivity index (χ2n) is 6.63. The smallest absolute Gasteiger partial charge is 0.342 e. The van der Waals surface area contributed by atoms with Gasteiger partial charge in [0, 0.05) is 23.5 Å². The van der Waals surface area contributed by atoms with Crippen molar-refractivity contribution >= 4 is 11.9 Å². The van der Waals surface area contributed by atoms with Crippen molar-refractivity contribution in [3.05, 3.63) is 33.9 Å². The number of carbonyl (C=O) groups is 2. The number of hydrogen-bond acceptors (Lipinski definition) is 6. The Balaban J connectivity index is 1.90. The Labute approximate surface area is 152 Å². The van der Waals surface area contributed by atoms with Crippen LogP contribution in [0, 0.1) is 6.92 Å². The summed E-state index contributed by atoms with van der Waals surface area (Å²) in [7, 11) is 1.57. The van der Waals surface area contributed by atoms with Crippen molar-refractivity contribution < 1.29 is 28.9 Å². The summed E-state index contributed by atoms with van der Waals surface area (Å²) < 4.78 is 15.6. The van der Waals surface area contributed by atoms with E-state index in [9.17, 15) is 14.7 Å². The zero-order valence-corrected chi connectivity index (χ0v) is 15.4. The molecule has 6 nitrogen and oxygen atoms in total. The molecule has 2 aliphatic rings. The molecule has 1 aromatic rings. The van der Waals surface area contributed by atoms with E-state index in [4.69, 9.17) is 14.2 Å². The van der Waals surface area contributed by atoms with Gasteiger partial charge in [-0.1, -0.05) is 11.6 Å². The van der Waals surface area contributed by atoms with Gasteiger partial charge in [-0.15, -0.1) is 0 Å². The number of ether oxygens (including phenoxy) is 3. The Bertz CT molecular complexity index is 777. The number of carbonyl (C=O) groups excluding carboxylic acids is 2. The molecule has 1 heterocycles. The van der Waals surface area contributed by atoms with Crippen LogP contribution in [0.3, 0.4) is 0 Å². The van der Waals surface area contributed by atoms with E-state index in [0.29, 0.717) is 36.3 Å². The second-order valence-corrected chi connectivity index (χ2v) is 6.63. The van der Waals surface area contributed by atoms with Crippen LogP contribution in [0.25, 0.3) is 0 Å². The highest BCUT2D eigenvalue weighted by Crippen LogP contribution is 2.48. The van der Waals surface area contributed by atoms with Gasteiger partial charge in [0.15, 0.2) is 0 Å². The summed E-state index contributed by atoms with van der Waals surface area (Å²) in [5.41, 5.74) is 3.57.